The molecule has 0 spiro atoms. The molecule has 1 heterocycles. The van der Waals surface area contributed by atoms with Gasteiger partial charge in [0.2, 0.25) is 5.13 Å². The predicted molar refractivity (Wildman–Crippen MR) is 77.1 cm³/mol. The number of anilines is 1. The third-order valence-corrected chi connectivity index (χ3v) is 4.21. The molecule has 1 aromatic heterocycles. The number of nitrogens with one attached hydrogen (secondary N) is 1. The molecule has 0 aliphatic heterocycles. The van der Waals surface area contributed by atoms with Crippen LogP contribution in [-0.4, -0.2) is 21.4 Å². The van der Waals surface area contributed by atoms with Crippen LogP contribution in [0.4, 0.5) is 5.13 Å². The highest BCUT2D eigenvalue weighted by atomic mass is 32.1. The van der Waals surface area contributed by atoms with Crippen molar-refractivity contribution in [1.29, 1.82) is 0 Å². The van der Waals surface area contributed by atoms with Crippen molar-refractivity contribution in [3.05, 3.63) is 5.82 Å². The van der Waals surface area contributed by atoms with E-state index in [-0.39, 0.29) is 11.0 Å². The summed E-state index contributed by atoms with van der Waals surface area (Å²) in [5, 5.41) is 4.27. The van der Waals surface area contributed by atoms with Crippen LogP contribution in [0, 0.1) is 0 Å². The molecule has 18 heavy (non-hydrogen) atoms. The highest BCUT2D eigenvalue weighted by molar-refractivity contribution is 7.09. The average molecular weight is 268 g/mol. The molecule has 0 bridgehead atoms. The maximum atomic E-state index is 6.39. The van der Waals surface area contributed by atoms with Crippen LogP contribution < -0.4 is 11.1 Å². The number of hydrogen-bond donors (Lipinski definition) is 2. The lowest BCUT2D eigenvalue weighted by Gasteiger charge is -2.33. The Labute approximate surface area is 114 Å². The zero-order valence-corrected chi connectivity index (χ0v) is 12.4. The zero-order valence-electron chi connectivity index (χ0n) is 11.6. The Morgan fingerprint density at radius 1 is 1.28 bits per heavy atom. The number of nitrogens with zero attached hydrogens (tertiary/aromatic N) is 2. The smallest absolute Gasteiger partial charge is 0.202 e. The van der Waals surface area contributed by atoms with Crippen molar-refractivity contribution in [2.45, 2.75) is 63.8 Å². The summed E-state index contributed by atoms with van der Waals surface area (Å²) in [6, 6.07) is 0. The average Bonchev–Trinajstić information content (AvgIpc) is 2.76. The molecule has 2 rings (SSSR count). The van der Waals surface area contributed by atoms with E-state index in [1.807, 2.05) is 0 Å². The minimum absolute atomic E-state index is 0.0155. The second-order valence-corrected chi connectivity index (χ2v) is 7.20. The lowest BCUT2D eigenvalue weighted by atomic mass is 9.82. The molecule has 0 atom stereocenters. The monoisotopic (exact) mass is 268 g/mol. The first-order chi connectivity index (χ1) is 8.39. The van der Waals surface area contributed by atoms with E-state index in [1.54, 1.807) is 0 Å². The minimum Gasteiger partial charge on any atom is -0.358 e. The zero-order chi connectivity index (χ0) is 13.2. The lowest BCUT2D eigenvalue weighted by Crippen LogP contribution is -2.47. The third-order valence-electron chi connectivity index (χ3n) is 3.54. The van der Waals surface area contributed by atoms with Crippen LogP contribution >= 0.6 is 11.5 Å². The van der Waals surface area contributed by atoms with Gasteiger partial charge in [-0.1, -0.05) is 40.0 Å². The van der Waals surface area contributed by atoms with E-state index in [0.29, 0.717) is 0 Å². The summed E-state index contributed by atoms with van der Waals surface area (Å²) in [5.41, 5.74) is 6.36. The summed E-state index contributed by atoms with van der Waals surface area (Å²) in [7, 11) is 0. The number of aromatic nitrogens is 2. The number of hydrogen-bond acceptors (Lipinski definition) is 5. The van der Waals surface area contributed by atoms with Crippen molar-refractivity contribution < 1.29 is 0 Å². The minimum atomic E-state index is -0.0498. The Kier molecular flexibility index (Phi) is 3.92. The van der Waals surface area contributed by atoms with Gasteiger partial charge in [0.05, 0.1) is 0 Å². The topological polar surface area (TPSA) is 63.8 Å². The van der Waals surface area contributed by atoms with Gasteiger partial charge < -0.3 is 11.1 Å². The molecule has 0 unspecified atom stereocenters. The fourth-order valence-electron chi connectivity index (χ4n) is 2.28. The molecule has 1 aliphatic rings. The van der Waals surface area contributed by atoms with Crippen molar-refractivity contribution in [3.63, 3.8) is 0 Å². The number of nitrogens with two attached hydrogens (primary N) is 1. The van der Waals surface area contributed by atoms with Crippen LogP contribution in [0.25, 0.3) is 0 Å². The third kappa shape index (κ3) is 3.42. The second kappa shape index (κ2) is 5.13. The van der Waals surface area contributed by atoms with Crippen LogP contribution in [0.1, 0.15) is 58.7 Å². The van der Waals surface area contributed by atoms with Gasteiger partial charge in [0.25, 0.3) is 0 Å². The normalized spacial score (nSPS) is 19.8. The van der Waals surface area contributed by atoms with Gasteiger partial charge in [0.1, 0.15) is 5.82 Å². The molecule has 4 nitrogen and oxygen atoms in total. The highest BCUT2D eigenvalue weighted by Gasteiger charge is 2.27. The SMILES string of the molecule is CC(C)(C)c1nsc(NCC2(N)CCCCC2)n1. The van der Waals surface area contributed by atoms with Gasteiger partial charge in [-0.15, -0.1) is 0 Å². The van der Waals surface area contributed by atoms with E-state index >= 15 is 0 Å². The summed E-state index contributed by atoms with van der Waals surface area (Å²) in [4.78, 5) is 4.54. The molecule has 5 heteroatoms. The molecule has 3 N–H and O–H groups in total. The van der Waals surface area contributed by atoms with E-state index in [9.17, 15) is 0 Å². The van der Waals surface area contributed by atoms with Gasteiger partial charge in [-0.3, -0.25) is 0 Å². The Morgan fingerprint density at radius 2 is 1.94 bits per heavy atom. The maximum absolute atomic E-state index is 6.39. The molecule has 0 saturated heterocycles. The van der Waals surface area contributed by atoms with E-state index in [1.165, 1.54) is 30.8 Å². The molecule has 1 saturated carbocycles. The molecular formula is C13H24N4S. The Hall–Kier alpha value is -0.680. The molecule has 1 fully saturated rings. The van der Waals surface area contributed by atoms with E-state index < -0.39 is 0 Å². The Morgan fingerprint density at radius 3 is 2.50 bits per heavy atom. The van der Waals surface area contributed by atoms with Gasteiger partial charge in [-0.2, -0.15) is 4.37 Å². The summed E-state index contributed by atoms with van der Waals surface area (Å²) in [6.45, 7) is 7.20. The van der Waals surface area contributed by atoms with Crippen LogP contribution in [0.3, 0.4) is 0 Å². The summed E-state index contributed by atoms with van der Waals surface area (Å²) in [5.74, 6) is 0.907. The van der Waals surface area contributed by atoms with Gasteiger partial charge in [-0.25, -0.2) is 4.98 Å². The molecular weight excluding hydrogens is 244 g/mol. The van der Waals surface area contributed by atoms with Gasteiger partial charge in [0, 0.05) is 29.0 Å². The molecule has 0 amide bonds. The van der Waals surface area contributed by atoms with Crippen molar-refractivity contribution in [2.75, 3.05) is 11.9 Å². The molecule has 0 aromatic carbocycles. The van der Waals surface area contributed by atoms with Crippen LogP contribution in [-0.2, 0) is 5.41 Å². The fourth-order valence-corrected chi connectivity index (χ4v) is 3.04. The van der Waals surface area contributed by atoms with Gasteiger partial charge in [0.15, 0.2) is 0 Å². The van der Waals surface area contributed by atoms with Crippen molar-refractivity contribution in [2.24, 2.45) is 5.73 Å². The van der Waals surface area contributed by atoms with E-state index in [4.69, 9.17) is 5.73 Å². The Balaban J connectivity index is 1.92. The molecule has 102 valence electrons. The molecule has 0 radical (unpaired) electrons. The second-order valence-electron chi connectivity index (χ2n) is 6.45. The van der Waals surface area contributed by atoms with Gasteiger partial charge >= 0.3 is 0 Å². The quantitative estimate of drug-likeness (QED) is 0.884. The first-order valence-corrected chi connectivity index (χ1v) is 7.53. The van der Waals surface area contributed by atoms with E-state index in [0.717, 1.165) is 30.3 Å². The maximum Gasteiger partial charge on any atom is 0.202 e. The van der Waals surface area contributed by atoms with Crippen LogP contribution in [0.15, 0.2) is 0 Å². The van der Waals surface area contributed by atoms with Crippen LogP contribution in [0.2, 0.25) is 0 Å². The molecule has 1 aromatic rings. The van der Waals surface area contributed by atoms with Gasteiger partial charge in [-0.05, 0) is 12.8 Å². The predicted octanol–water partition coefficient (Wildman–Crippen LogP) is 2.91. The van der Waals surface area contributed by atoms with Crippen molar-refractivity contribution >= 4 is 16.7 Å². The molecule has 1 aliphatic carbocycles. The fraction of sp³-hybridized carbons (Fsp3) is 0.846. The summed E-state index contributed by atoms with van der Waals surface area (Å²) in [6.07, 6.45) is 6.06. The first-order valence-electron chi connectivity index (χ1n) is 6.76. The lowest BCUT2D eigenvalue weighted by molar-refractivity contribution is 0.311. The van der Waals surface area contributed by atoms with Crippen molar-refractivity contribution in [3.8, 4) is 0 Å². The number of rotatable bonds is 3. The van der Waals surface area contributed by atoms with Crippen LogP contribution in [0.5, 0.6) is 0 Å². The first kappa shape index (κ1) is 13.7. The van der Waals surface area contributed by atoms with E-state index in [2.05, 4.69) is 35.4 Å². The Bertz CT molecular complexity index is 388. The summed E-state index contributed by atoms with van der Waals surface area (Å²) < 4.78 is 4.40. The highest BCUT2D eigenvalue weighted by Crippen LogP contribution is 2.27. The van der Waals surface area contributed by atoms with Crippen molar-refractivity contribution in [1.82, 2.24) is 9.36 Å². The largest absolute Gasteiger partial charge is 0.358 e. The standard InChI is InChI=1S/C13H24N4S/c1-12(2,3)10-16-11(18-17-10)15-9-13(14)7-5-4-6-8-13/h4-9,14H2,1-3H3,(H,15,16,17). The summed E-state index contributed by atoms with van der Waals surface area (Å²) >= 11 is 1.44.